The van der Waals surface area contributed by atoms with Crippen molar-refractivity contribution in [2.24, 2.45) is 5.92 Å². The number of benzene rings is 1. The van der Waals surface area contributed by atoms with Crippen LogP contribution < -0.4 is 5.32 Å². The number of rotatable bonds is 3. The molecule has 4 nitrogen and oxygen atoms in total. The Morgan fingerprint density at radius 3 is 2.80 bits per heavy atom. The lowest BCUT2D eigenvalue weighted by Gasteiger charge is -2.29. The standard InChI is InChI=1S/C15H18ClN3O/c1-10(11-6-8-20-9-7-11)17-14-12-4-2-3-5-13(12)18-15(16)19-14/h2-5,10-11H,6-9H2,1H3,(H,17,18,19). The Kier molecular flexibility index (Phi) is 4.03. The molecule has 5 heteroatoms. The van der Waals surface area contributed by atoms with Crippen LogP contribution in [-0.2, 0) is 4.74 Å². The number of halogens is 1. The van der Waals surface area contributed by atoms with Crippen LogP contribution >= 0.6 is 11.6 Å². The maximum Gasteiger partial charge on any atom is 0.224 e. The number of ether oxygens (including phenoxy) is 1. The Morgan fingerprint density at radius 2 is 2.00 bits per heavy atom. The van der Waals surface area contributed by atoms with Crippen molar-refractivity contribution in [1.29, 1.82) is 0 Å². The summed E-state index contributed by atoms with van der Waals surface area (Å²) >= 11 is 6.01. The number of nitrogens with zero attached hydrogens (tertiary/aromatic N) is 2. The molecule has 0 radical (unpaired) electrons. The molecule has 0 aliphatic carbocycles. The summed E-state index contributed by atoms with van der Waals surface area (Å²) in [6, 6.07) is 8.26. The zero-order valence-electron chi connectivity index (χ0n) is 11.5. The summed E-state index contributed by atoms with van der Waals surface area (Å²) in [5.41, 5.74) is 0.870. The molecule has 1 N–H and O–H groups in total. The van der Waals surface area contributed by atoms with Crippen molar-refractivity contribution in [3.8, 4) is 0 Å². The second-order valence-corrected chi connectivity index (χ2v) is 5.58. The van der Waals surface area contributed by atoms with Crippen molar-refractivity contribution in [3.63, 3.8) is 0 Å². The molecule has 0 saturated carbocycles. The Bertz CT molecular complexity index is 599. The Balaban J connectivity index is 1.86. The van der Waals surface area contributed by atoms with Gasteiger partial charge in [-0.05, 0) is 49.4 Å². The van der Waals surface area contributed by atoms with Gasteiger partial charge in [-0.25, -0.2) is 9.97 Å². The van der Waals surface area contributed by atoms with Crippen LogP contribution in [0.2, 0.25) is 5.28 Å². The number of hydrogen-bond acceptors (Lipinski definition) is 4. The molecule has 1 aliphatic heterocycles. The van der Waals surface area contributed by atoms with Gasteiger partial charge >= 0.3 is 0 Å². The first-order valence-electron chi connectivity index (χ1n) is 7.00. The fourth-order valence-electron chi connectivity index (χ4n) is 2.71. The topological polar surface area (TPSA) is 47.0 Å². The van der Waals surface area contributed by atoms with Crippen molar-refractivity contribution >= 4 is 28.3 Å². The lowest BCUT2D eigenvalue weighted by Crippen LogP contribution is -2.31. The molecule has 0 amide bonds. The third kappa shape index (κ3) is 2.86. The molecule has 1 aliphatic rings. The van der Waals surface area contributed by atoms with Crippen LogP contribution in [0.25, 0.3) is 10.9 Å². The van der Waals surface area contributed by atoms with Crippen molar-refractivity contribution in [2.75, 3.05) is 18.5 Å². The van der Waals surface area contributed by atoms with Gasteiger partial charge in [0.25, 0.3) is 0 Å². The first-order chi connectivity index (χ1) is 9.74. The molecule has 0 bridgehead atoms. The van der Waals surface area contributed by atoms with Gasteiger partial charge in [0.1, 0.15) is 5.82 Å². The zero-order chi connectivity index (χ0) is 13.9. The van der Waals surface area contributed by atoms with E-state index in [4.69, 9.17) is 16.3 Å². The molecule has 1 saturated heterocycles. The first kappa shape index (κ1) is 13.6. The highest BCUT2D eigenvalue weighted by Gasteiger charge is 2.21. The molecule has 2 heterocycles. The third-order valence-electron chi connectivity index (χ3n) is 3.91. The van der Waals surface area contributed by atoms with E-state index in [1.165, 1.54) is 0 Å². The zero-order valence-corrected chi connectivity index (χ0v) is 12.2. The highest BCUT2D eigenvalue weighted by atomic mass is 35.5. The summed E-state index contributed by atoms with van der Waals surface area (Å²) in [7, 11) is 0. The van der Waals surface area contributed by atoms with E-state index >= 15 is 0 Å². The van der Waals surface area contributed by atoms with Gasteiger partial charge in [0.05, 0.1) is 5.52 Å². The van der Waals surface area contributed by atoms with E-state index in [-0.39, 0.29) is 5.28 Å². The van der Waals surface area contributed by atoms with E-state index in [9.17, 15) is 0 Å². The van der Waals surface area contributed by atoms with Gasteiger partial charge in [0, 0.05) is 24.6 Å². The lowest BCUT2D eigenvalue weighted by molar-refractivity contribution is 0.0622. The van der Waals surface area contributed by atoms with Crippen LogP contribution in [0.5, 0.6) is 0 Å². The number of aromatic nitrogens is 2. The van der Waals surface area contributed by atoms with Crippen LogP contribution in [0.3, 0.4) is 0 Å². The van der Waals surface area contributed by atoms with Crippen molar-refractivity contribution in [2.45, 2.75) is 25.8 Å². The fourth-order valence-corrected chi connectivity index (χ4v) is 2.88. The molecule has 1 aromatic carbocycles. The highest BCUT2D eigenvalue weighted by Crippen LogP contribution is 2.26. The van der Waals surface area contributed by atoms with Crippen LogP contribution in [-0.4, -0.2) is 29.2 Å². The molecule has 1 unspecified atom stereocenters. The predicted molar refractivity (Wildman–Crippen MR) is 81.2 cm³/mol. The number of para-hydroxylation sites is 1. The van der Waals surface area contributed by atoms with E-state index in [0.29, 0.717) is 12.0 Å². The predicted octanol–water partition coefficient (Wildman–Crippen LogP) is 3.51. The molecular weight excluding hydrogens is 274 g/mol. The average Bonchev–Trinajstić information content (AvgIpc) is 2.48. The van der Waals surface area contributed by atoms with E-state index < -0.39 is 0 Å². The quantitative estimate of drug-likeness (QED) is 0.879. The molecule has 1 atom stereocenters. The molecule has 1 fully saturated rings. The molecule has 106 valence electrons. The smallest absolute Gasteiger partial charge is 0.224 e. The number of hydrogen-bond donors (Lipinski definition) is 1. The monoisotopic (exact) mass is 291 g/mol. The second-order valence-electron chi connectivity index (χ2n) is 5.24. The molecule has 20 heavy (non-hydrogen) atoms. The SMILES string of the molecule is CC(Nc1nc(Cl)nc2ccccc12)C1CCOCC1. The minimum atomic E-state index is 0.283. The molecule has 3 rings (SSSR count). The fraction of sp³-hybridized carbons (Fsp3) is 0.467. The van der Waals surface area contributed by atoms with Gasteiger partial charge in [0.15, 0.2) is 0 Å². The maximum atomic E-state index is 6.01. The van der Waals surface area contributed by atoms with Crippen molar-refractivity contribution < 1.29 is 4.74 Å². The molecule has 2 aromatic rings. The minimum Gasteiger partial charge on any atom is -0.381 e. The van der Waals surface area contributed by atoms with E-state index in [0.717, 1.165) is 42.8 Å². The number of fused-ring (bicyclic) bond motifs is 1. The summed E-state index contributed by atoms with van der Waals surface area (Å²) in [5.74, 6) is 1.43. The second kappa shape index (κ2) is 5.94. The summed E-state index contributed by atoms with van der Waals surface area (Å²) in [4.78, 5) is 8.60. The van der Waals surface area contributed by atoms with Crippen LogP contribution in [0.4, 0.5) is 5.82 Å². The number of nitrogens with one attached hydrogen (secondary N) is 1. The largest absolute Gasteiger partial charge is 0.381 e. The summed E-state index contributed by atoms with van der Waals surface area (Å²) < 4.78 is 5.41. The van der Waals surface area contributed by atoms with Gasteiger partial charge in [-0.1, -0.05) is 12.1 Å². The highest BCUT2D eigenvalue weighted by molar-refractivity contribution is 6.28. The Morgan fingerprint density at radius 1 is 1.25 bits per heavy atom. The van der Waals surface area contributed by atoms with Gasteiger partial charge in [-0.2, -0.15) is 0 Å². The summed E-state index contributed by atoms with van der Waals surface area (Å²) in [6.45, 7) is 3.89. The van der Waals surface area contributed by atoms with E-state index in [1.54, 1.807) is 0 Å². The van der Waals surface area contributed by atoms with Gasteiger partial charge in [-0.3, -0.25) is 0 Å². The van der Waals surface area contributed by atoms with Crippen LogP contribution in [0.1, 0.15) is 19.8 Å². The third-order valence-corrected chi connectivity index (χ3v) is 4.08. The summed E-state index contributed by atoms with van der Waals surface area (Å²) in [5, 5.41) is 4.80. The van der Waals surface area contributed by atoms with E-state index in [2.05, 4.69) is 22.2 Å². The average molecular weight is 292 g/mol. The molecule has 1 aromatic heterocycles. The maximum absolute atomic E-state index is 6.01. The van der Waals surface area contributed by atoms with Crippen LogP contribution in [0, 0.1) is 5.92 Å². The Labute approximate surface area is 123 Å². The first-order valence-corrected chi connectivity index (χ1v) is 7.38. The molecule has 0 spiro atoms. The van der Waals surface area contributed by atoms with E-state index in [1.807, 2.05) is 24.3 Å². The minimum absolute atomic E-state index is 0.283. The van der Waals surface area contributed by atoms with Gasteiger partial charge in [0.2, 0.25) is 5.28 Å². The Hall–Kier alpha value is -1.39. The van der Waals surface area contributed by atoms with Crippen LogP contribution in [0.15, 0.2) is 24.3 Å². The lowest BCUT2D eigenvalue weighted by atomic mass is 9.93. The van der Waals surface area contributed by atoms with Crippen molar-refractivity contribution in [1.82, 2.24) is 9.97 Å². The summed E-state index contributed by atoms with van der Waals surface area (Å²) in [6.07, 6.45) is 2.18. The van der Waals surface area contributed by atoms with Crippen molar-refractivity contribution in [3.05, 3.63) is 29.5 Å². The van der Waals surface area contributed by atoms with Gasteiger partial charge in [-0.15, -0.1) is 0 Å². The number of anilines is 1. The normalized spacial score (nSPS) is 18.1. The molecular formula is C15H18ClN3O. The van der Waals surface area contributed by atoms with Gasteiger partial charge < -0.3 is 10.1 Å².